The van der Waals surface area contributed by atoms with Crippen LogP contribution in [0.3, 0.4) is 0 Å². The highest BCUT2D eigenvalue weighted by Crippen LogP contribution is 2.49. The van der Waals surface area contributed by atoms with Crippen molar-refractivity contribution in [1.29, 1.82) is 0 Å². The molecule has 0 spiro atoms. The van der Waals surface area contributed by atoms with E-state index in [4.69, 9.17) is 0 Å². The normalized spacial score (nSPS) is 12.7. The molecule has 0 aliphatic heterocycles. The standard InChI is InChI=1S/C62H40N4S2/c1-63-51-29-45-49-25-47(37-17-9-11-19-39(37)61(49)65(3)53(45)27-43(51)41-23-21-33-13-5-7-15-35(33)59(41)63)55-31-57-58(67-55)32-56(68-57)48-26-50-46-30-52-44(28-54(46)66(4)62(50)40-20-12-10-18-38(40)48)42-24-22-34-14-6-8-16-36(34)60(42)64(52)2/h5-32H,1-4H3. The molecule has 0 bridgehead atoms. The van der Waals surface area contributed by atoms with Gasteiger partial charge in [-0.05, 0) is 70.1 Å². The van der Waals surface area contributed by atoms with Crippen molar-refractivity contribution >= 4 is 162 Å². The van der Waals surface area contributed by atoms with E-state index in [0.29, 0.717) is 0 Å². The second-order valence-electron chi connectivity index (χ2n) is 19.1. The predicted molar refractivity (Wildman–Crippen MR) is 297 cm³/mol. The Balaban J connectivity index is 0.879. The Morgan fingerprint density at radius 1 is 0.265 bits per heavy atom. The summed E-state index contributed by atoms with van der Waals surface area (Å²) in [5.74, 6) is 0. The summed E-state index contributed by atoms with van der Waals surface area (Å²) >= 11 is 3.85. The molecule has 0 unspecified atom stereocenters. The molecule has 0 aliphatic rings. The molecule has 0 saturated heterocycles. The van der Waals surface area contributed by atoms with E-state index in [-0.39, 0.29) is 0 Å². The molecule has 0 atom stereocenters. The van der Waals surface area contributed by atoms with Gasteiger partial charge in [-0.2, -0.15) is 0 Å². The average Bonchev–Trinajstić information content (AvgIpc) is 4.21. The lowest BCUT2D eigenvalue weighted by atomic mass is 9.98. The van der Waals surface area contributed by atoms with Gasteiger partial charge in [-0.15, -0.1) is 22.7 Å². The van der Waals surface area contributed by atoms with Crippen LogP contribution in [0.1, 0.15) is 0 Å². The monoisotopic (exact) mass is 904 g/mol. The topological polar surface area (TPSA) is 19.7 Å². The third kappa shape index (κ3) is 4.64. The minimum Gasteiger partial charge on any atom is -0.343 e. The van der Waals surface area contributed by atoms with Crippen LogP contribution in [0.15, 0.2) is 170 Å². The maximum absolute atomic E-state index is 2.48. The second kappa shape index (κ2) is 13.0. The molecule has 0 fully saturated rings. The zero-order valence-electron chi connectivity index (χ0n) is 37.8. The van der Waals surface area contributed by atoms with Crippen LogP contribution in [0.25, 0.3) is 161 Å². The van der Waals surface area contributed by atoms with Crippen LogP contribution < -0.4 is 0 Å². The number of aromatic nitrogens is 4. The predicted octanol–water partition coefficient (Wildman–Crippen LogP) is 17.5. The molecule has 320 valence electrons. The highest BCUT2D eigenvalue weighted by Gasteiger charge is 2.23. The Labute approximate surface area is 397 Å². The lowest BCUT2D eigenvalue weighted by Crippen LogP contribution is -1.89. The fourth-order valence-corrected chi connectivity index (χ4v) is 15.1. The first-order chi connectivity index (χ1) is 33.4. The Kier molecular flexibility index (Phi) is 7.09. The van der Waals surface area contributed by atoms with Gasteiger partial charge in [-0.1, -0.05) is 121 Å². The zero-order valence-corrected chi connectivity index (χ0v) is 39.4. The van der Waals surface area contributed by atoms with Crippen molar-refractivity contribution in [2.24, 2.45) is 28.2 Å². The summed E-state index contributed by atoms with van der Waals surface area (Å²) in [5.41, 5.74) is 12.8. The van der Waals surface area contributed by atoms with Crippen molar-refractivity contribution in [2.45, 2.75) is 0 Å². The van der Waals surface area contributed by atoms with Gasteiger partial charge in [0.2, 0.25) is 0 Å². The van der Waals surface area contributed by atoms with E-state index in [2.05, 4.69) is 216 Å². The third-order valence-corrected chi connectivity index (χ3v) is 18.1. The van der Waals surface area contributed by atoms with Gasteiger partial charge in [0, 0.05) is 145 Å². The number of thiophene rings is 2. The molecule has 6 heterocycles. The summed E-state index contributed by atoms with van der Waals surface area (Å²) in [6.07, 6.45) is 0. The van der Waals surface area contributed by atoms with Crippen LogP contribution in [0.2, 0.25) is 0 Å². The first-order valence-corrected chi connectivity index (χ1v) is 25.0. The van der Waals surface area contributed by atoms with Gasteiger partial charge >= 0.3 is 0 Å². The molecule has 16 rings (SSSR count). The highest BCUT2D eigenvalue weighted by atomic mass is 32.1. The summed E-state index contributed by atoms with van der Waals surface area (Å²) < 4.78 is 12.3. The van der Waals surface area contributed by atoms with Gasteiger partial charge in [0.15, 0.2) is 0 Å². The quantitative estimate of drug-likeness (QED) is 0.165. The Bertz CT molecular complexity index is 4620. The van der Waals surface area contributed by atoms with Crippen molar-refractivity contribution in [3.63, 3.8) is 0 Å². The number of nitrogens with zero attached hydrogens (tertiary/aromatic N) is 4. The summed E-state index contributed by atoms with van der Waals surface area (Å²) in [6, 6.07) is 64.4. The molecule has 0 amide bonds. The van der Waals surface area contributed by atoms with Crippen LogP contribution in [0, 0.1) is 0 Å². The number of hydrogen-bond acceptors (Lipinski definition) is 2. The maximum Gasteiger partial charge on any atom is 0.0568 e. The van der Waals surface area contributed by atoms with E-state index in [0.717, 1.165) is 0 Å². The van der Waals surface area contributed by atoms with Crippen LogP contribution in [-0.2, 0) is 28.2 Å². The van der Waals surface area contributed by atoms with E-state index in [1.165, 1.54) is 161 Å². The molecule has 10 aromatic carbocycles. The summed E-state index contributed by atoms with van der Waals surface area (Å²) in [6.45, 7) is 0. The number of rotatable bonds is 2. The van der Waals surface area contributed by atoms with Gasteiger partial charge in [0.25, 0.3) is 0 Å². The molecule has 4 nitrogen and oxygen atoms in total. The van der Waals surface area contributed by atoms with Gasteiger partial charge in [-0.25, -0.2) is 0 Å². The smallest absolute Gasteiger partial charge is 0.0568 e. The Morgan fingerprint density at radius 2 is 0.574 bits per heavy atom. The van der Waals surface area contributed by atoms with E-state index in [1.54, 1.807) is 0 Å². The third-order valence-electron chi connectivity index (χ3n) is 15.7. The number of benzene rings is 10. The summed E-state index contributed by atoms with van der Waals surface area (Å²) in [7, 11) is 8.96. The number of aryl methyl sites for hydroxylation is 4. The molecular weight excluding hydrogens is 865 g/mol. The number of hydrogen-bond donors (Lipinski definition) is 0. The second-order valence-corrected chi connectivity index (χ2v) is 21.2. The minimum absolute atomic E-state index is 1.26. The van der Waals surface area contributed by atoms with Crippen molar-refractivity contribution in [2.75, 3.05) is 0 Å². The van der Waals surface area contributed by atoms with Crippen LogP contribution in [-0.4, -0.2) is 18.3 Å². The Morgan fingerprint density at radius 3 is 0.971 bits per heavy atom. The van der Waals surface area contributed by atoms with Crippen molar-refractivity contribution < 1.29 is 0 Å². The zero-order chi connectivity index (χ0) is 44.8. The van der Waals surface area contributed by atoms with E-state index in [9.17, 15) is 0 Å². The molecule has 16 aromatic rings. The van der Waals surface area contributed by atoms with Crippen LogP contribution in [0.4, 0.5) is 0 Å². The highest BCUT2D eigenvalue weighted by molar-refractivity contribution is 7.31. The molecular formula is C62H40N4S2. The average molecular weight is 905 g/mol. The molecule has 0 saturated carbocycles. The minimum atomic E-state index is 1.26. The van der Waals surface area contributed by atoms with E-state index < -0.39 is 0 Å². The molecule has 0 aliphatic carbocycles. The SMILES string of the molecule is Cn1c2cc3c4cc(-c5cc6sc(-c7cc8c9cc%10c(cc9n(C)c8c8ccccc78)c7ccc8ccccc8c7n%10C)cc6s5)c5ccccc5c4n(C)c3cc2c2ccc3ccccc3c21. The van der Waals surface area contributed by atoms with Gasteiger partial charge in [0.1, 0.15) is 0 Å². The molecule has 0 N–H and O–H groups in total. The lowest BCUT2D eigenvalue weighted by Gasteiger charge is -2.09. The maximum atomic E-state index is 2.48. The first-order valence-electron chi connectivity index (χ1n) is 23.4. The van der Waals surface area contributed by atoms with E-state index in [1.807, 2.05) is 22.7 Å². The molecule has 0 radical (unpaired) electrons. The largest absolute Gasteiger partial charge is 0.343 e. The van der Waals surface area contributed by atoms with Gasteiger partial charge in [0.05, 0.1) is 22.1 Å². The fraction of sp³-hybridized carbons (Fsp3) is 0.0645. The van der Waals surface area contributed by atoms with Crippen LogP contribution in [0.5, 0.6) is 0 Å². The van der Waals surface area contributed by atoms with Gasteiger partial charge < -0.3 is 18.3 Å². The molecule has 6 aromatic heterocycles. The summed E-state index contributed by atoms with van der Waals surface area (Å²) in [5, 5.41) is 20.7. The van der Waals surface area contributed by atoms with Gasteiger partial charge in [-0.3, -0.25) is 0 Å². The Hall–Kier alpha value is -7.90. The first kappa shape index (κ1) is 37.2. The van der Waals surface area contributed by atoms with Crippen molar-refractivity contribution in [1.82, 2.24) is 18.3 Å². The molecule has 68 heavy (non-hydrogen) atoms. The van der Waals surface area contributed by atoms with Crippen molar-refractivity contribution in [3.05, 3.63) is 170 Å². The van der Waals surface area contributed by atoms with Crippen molar-refractivity contribution in [3.8, 4) is 20.9 Å². The van der Waals surface area contributed by atoms with Crippen LogP contribution >= 0.6 is 22.7 Å². The fourth-order valence-electron chi connectivity index (χ4n) is 12.6. The lowest BCUT2D eigenvalue weighted by molar-refractivity contribution is 1.01. The molecule has 6 heteroatoms. The van der Waals surface area contributed by atoms with E-state index >= 15 is 0 Å². The number of fused-ring (bicyclic) bond motifs is 21. The summed E-state index contributed by atoms with van der Waals surface area (Å²) in [4.78, 5) is 2.62.